The average Bonchev–Trinajstić information content (AvgIpc) is 3.13. The second kappa shape index (κ2) is 11.3. The van der Waals surface area contributed by atoms with Gasteiger partial charge in [0.15, 0.2) is 5.12 Å². The molecule has 1 heterocycles. The molecule has 0 unspecified atom stereocenters. The first-order valence-corrected chi connectivity index (χ1v) is 9.85. The molecule has 0 radical (unpaired) electrons. The van der Waals surface area contributed by atoms with E-state index >= 15 is 0 Å². The Balaban J connectivity index is 2.18. The van der Waals surface area contributed by atoms with Crippen LogP contribution < -0.4 is 5.32 Å². The number of benzene rings is 1. The fourth-order valence-corrected chi connectivity index (χ4v) is 3.46. The minimum absolute atomic E-state index is 0.0173. The van der Waals surface area contributed by atoms with Crippen LogP contribution in [0.1, 0.15) is 23.2 Å². The summed E-state index contributed by atoms with van der Waals surface area (Å²) in [6, 6.07) is 2.32. The SMILES string of the molecule is C=CCOC(=O)c1cc(F)cc(NC(=O)[C@@H]2C[C@@H](CC(=O)S)CN2C(=O)OCC=C)c1. The standard InChI is InChI=1S/C21H23FN2O6S/c1-3-5-29-20(27)14-9-15(22)11-16(10-14)23-19(26)17-7-13(8-18(25)31)12-24(17)21(28)30-6-4-2/h3-4,9-11,13,17H,1-2,5-8,12H2,(H,23,26)(H,25,31)/t13-,17-/m0/s1. The number of nitrogens with zero attached hydrogens (tertiary/aromatic N) is 1. The maximum Gasteiger partial charge on any atom is 0.410 e. The summed E-state index contributed by atoms with van der Waals surface area (Å²) in [5, 5.41) is 2.15. The Morgan fingerprint density at radius 3 is 2.48 bits per heavy atom. The van der Waals surface area contributed by atoms with Crippen LogP contribution in [0.3, 0.4) is 0 Å². The van der Waals surface area contributed by atoms with Crippen LogP contribution in [0.5, 0.6) is 0 Å². The van der Waals surface area contributed by atoms with E-state index in [0.29, 0.717) is 0 Å². The van der Waals surface area contributed by atoms with Gasteiger partial charge in [-0.1, -0.05) is 25.3 Å². The second-order valence-corrected chi connectivity index (χ2v) is 7.34. The lowest BCUT2D eigenvalue weighted by molar-refractivity contribution is -0.120. The number of carbonyl (C=O) groups is 4. The van der Waals surface area contributed by atoms with Crippen LogP contribution in [-0.2, 0) is 19.1 Å². The average molecular weight is 450 g/mol. The van der Waals surface area contributed by atoms with Crippen molar-refractivity contribution < 1.29 is 33.0 Å². The van der Waals surface area contributed by atoms with E-state index in [1.165, 1.54) is 23.1 Å². The highest BCUT2D eigenvalue weighted by atomic mass is 32.1. The molecule has 0 aromatic heterocycles. The third-order valence-electron chi connectivity index (χ3n) is 4.45. The lowest BCUT2D eigenvalue weighted by Gasteiger charge is -2.23. The van der Waals surface area contributed by atoms with Crippen molar-refractivity contribution in [3.8, 4) is 0 Å². The van der Waals surface area contributed by atoms with Gasteiger partial charge in [-0.05, 0) is 30.5 Å². The van der Waals surface area contributed by atoms with Gasteiger partial charge >= 0.3 is 12.1 Å². The minimum atomic E-state index is -0.950. The highest BCUT2D eigenvalue weighted by Crippen LogP contribution is 2.28. The lowest BCUT2D eigenvalue weighted by Crippen LogP contribution is -2.43. The quantitative estimate of drug-likeness (QED) is 0.341. The number of rotatable bonds is 9. The molecule has 10 heteroatoms. The van der Waals surface area contributed by atoms with Gasteiger partial charge in [0.25, 0.3) is 0 Å². The van der Waals surface area contributed by atoms with E-state index in [-0.39, 0.29) is 54.9 Å². The molecule has 1 aromatic carbocycles. The summed E-state index contributed by atoms with van der Waals surface area (Å²) in [5.74, 6) is -2.43. The third-order valence-corrected chi connectivity index (χ3v) is 4.63. The summed E-state index contributed by atoms with van der Waals surface area (Å²) in [7, 11) is 0. The van der Waals surface area contributed by atoms with E-state index in [1.54, 1.807) is 0 Å². The van der Waals surface area contributed by atoms with Gasteiger partial charge in [0.05, 0.1) is 5.56 Å². The number of esters is 1. The number of likely N-dealkylation sites (tertiary alicyclic amines) is 1. The molecule has 1 saturated heterocycles. The van der Waals surface area contributed by atoms with Gasteiger partial charge < -0.3 is 14.8 Å². The number of hydrogen-bond donors (Lipinski definition) is 2. The normalized spacial score (nSPS) is 17.5. The van der Waals surface area contributed by atoms with Crippen molar-refractivity contribution >= 4 is 41.4 Å². The van der Waals surface area contributed by atoms with Gasteiger partial charge in [0, 0.05) is 18.7 Å². The van der Waals surface area contributed by atoms with Crippen LogP contribution in [-0.4, -0.2) is 53.8 Å². The molecule has 1 fully saturated rings. The molecule has 2 atom stereocenters. The van der Waals surface area contributed by atoms with Crippen LogP contribution in [0.25, 0.3) is 0 Å². The summed E-state index contributed by atoms with van der Waals surface area (Å²) in [4.78, 5) is 49.7. The number of halogens is 1. The Morgan fingerprint density at radius 2 is 1.84 bits per heavy atom. The predicted octanol–water partition coefficient (Wildman–Crippen LogP) is 2.97. The number of thiol groups is 1. The molecule has 1 aromatic rings. The monoisotopic (exact) mass is 450 g/mol. The molecule has 2 amide bonds. The van der Waals surface area contributed by atoms with Gasteiger partial charge in [0.1, 0.15) is 25.1 Å². The van der Waals surface area contributed by atoms with Crippen molar-refractivity contribution in [3.05, 3.63) is 54.9 Å². The first-order valence-electron chi connectivity index (χ1n) is 9.40. The van der Waals surface area contributed by atoms with Gasteiger partial charge in [-0.25, -0.2) is 14.0 Å². The van der Waals surface area contributed by atoms with E-state index in [0.717, 1.165) is 12.1 Å². The van der Waals surface area contributed by atoms with Crippen molar-refractivity contribution in [2.24, 2.45) is 5.92 Å². The molecule has 31 heavy (non-hydrogen) atoms. The number of amides is 2. The Morgan fingerprint density at radius 1 is 1.16 bits per heavy atom. The van der Waals surface area contributed by atoms with Crippen molar-refractivity contribution in [1.29, 1.82) is 0 Å². The lowest BCUT2D eigenvalue weighted by atomic mass is 10.0. The molecule has 8 nitrogen and oxygen atoms in total. The Bertz CT molecular complexity index is 891. The molecule has 0 bridgehead atoms. The molecule has 2 rings (SSSR count). The fourth-order valence-electron chi connectivity index (χ4n) is 3.20. The van der Waals surface area contributed by atoms with E-state index in [2.05, 4.69) is 31.1 Å². The molecular weight excluding hydrogens is 427 g/mol. The Kier molecular flexibility index (Phi) is 8.80. The highest BCUT2D eigenvalue weighted by Gasteiger charge is 2.40. The van der Waals surface area contributed by atoms with Crippen molar-refractivity contribution in [1.82, 2.24) is 4.90 Å². The number of hydrogen-bond acceptors (Lipinski definition) is 6. The van der Waals surface area contributed by atoms with Crippen LogP contribution in [0.15, 0.2) is 43.5 Å². The van der Waals surface area contributed by atoms with Gasteiger partial charge in [-0.2, -0.15) is 0 Å². The van der Waals surface area contributed by atoms with E-state index in [4.69, 9.17) is 9.47 Å². The molecular formula is C21H23FN2O6S. The molecule has 0 spiro atoms. The Labute approximate surface area is 184 Å². The zero-order chi connectivity index (χ0) is 23.0. The summed E-state index contributed by atoms with van der Waals surface area (Å²) < 4.78 is 23.9. The molecule has 1 aliphatic rings. The number of carbonyl (C=O) groups excluding carboxylic acids is 4. The molecule has 166 valence electrons. The summed E-state index contributed by atoms with van der Waals surface area (Å²) in [6.07, 6.45) is 2.30. The van der Waals surface area contributed by atoms with E-state index < -0.39 is 29.8 Å². The first kappa shape index (κ1) is 24.1. The predicted molar refractivity (Wildman–Crippen MR) is 114 cm³/mol. The van der Waals surface area contributed by atoms with Gasteiger partial charge in [-0.15, -0.1) is 12.6 Å². The van der Waals surface area contributed by atoms with Crippen molar-refractivity contribution in [2.45, 2.75) is 18.9 Å². The largest absolute Gasteiger partial charge is 0.458 e. The van der Waals surface area contributed by atoms with Crippen LogP contribution in [0.4, 0.5) is 14.9 Å². The van der Waals surface area contributed by atoms with Gasteiger partial charge in [-0.3, -0.25) is 14.5 Å². The zero-order valence-electron chi connectivity index (χ0n) is 16.7. The number of ether oxygens (including phenoxy) is 2. The molecule has 0 saturated carbocycles. The highest BCUT2D eigenvalue weighted by molar-refractivity contribution is 7.96. The fraction of sp³-hybridized carbons (Fsp3) is 0.333. The maximum atomic E-state index is 14.0. The van der Waals surface area contributed by atoms with E-state index in [1.807, 2.05) is 0 Å². The molecule has 1 N–H and O–H groups in total. The third kappa shape index (κ3) is 6.95. The topological polar surface area (TPSA) is 102 Å². The van der Waals surface area contributed by atoms with E-state index in [9.17, 15) is 23.6 Å². The van der Waals surface area contributed by atoms with Crippen LogP contribution >= 0.6 is 12.6 Å². The van der Waals surface area contributed by atoms with Crippen LogP contribution in [0.2, 0.25) is 0 Å². The molecule has 1 aliphatic heterocycles. The summed E-state index contributed by atoms with van der Waals surface area (Å²) in [5.41, 5.74) is -0.0759. The second-order valence-electron chi connectivity index (χ2n) is 6.84. The Hall–Kier alpha value is -3.14. The summed E-state index contributed by atoms with van der Waals surface area (Å²) in [6.45, 7) is 6.93. The molecule has 0 aliphatic carbocycles. The van der Waals surface area contributed by atoms with Crippen LogP contribution in [0, 0.1) is 11.7 Å². The number of nitrogens with one attached hydrogen (secondary N) is 1. The minimum Gasteiger partial charge on any atom is -0.458 e. The zero-order valence-corrected chi connectivity index (χ0v) is 17.6. The maximum absolute atomic E-state index is 14.0. The van der Waals surface area contributed by atoms with Crippen molar-refractivity contribution in [2.75, 3.05) is 25.1 Å². The first-order chi connectivity index (χ1) is 14.7. The smallest absolute Gasteiger partial charge is 0.410 e. The van der Waals surface area contributed by atoms with Gasteiger partial charge in [0.2, 0.25) is 5.91 Å². The summed E-state index contributed by atoms with van der Waals surface area (Å²) >= 11 is 3.76. The van der Waals surface area contributed by atoms with Crippen molar-refractivity contribution in [3.63, 3.8) is 0 Å². The number of anilines is 1.